The maximum absolute atomic E-state index is 5.69. The molecular formula is C14H15N3OS2. The Bertz CT molecular complexity index is 616. The number of aromatic nitrogens is 2. The molecule has 1 heterocycles. The average Bonchev–Trinajstić information content (AvgIpc) is 2.87. The van der Waals surface area contributed by atoms with Crippen LogP contribution in [0.1, 0.15) is 11.4 Å². The molecule has 0 saturated heterocycles. The van der Waals surface area contributed by atoms with E-state index >= 15 is 0 Å². The second-order valence-electron chi connectivity index (χ2n) is 3.84. The first kappa shape index (κ1) is 14.9. The second kappa shape index (κ2) is 7.90. The molecule has 20 heavy (non-hydrogen) atoms. The average molecular weight is 305 g/mol. The minimum Gasteiger partial charge on any atom is -0.493 e. The predicted octanol–water partition coefficient (Wildman–Crippen LogP) is 2.33. The first-order valence-electron chi connectivity index (χ1n) is 6.13. The molecule has 2 N–H and O–H groups in total. The molecule has 2 rings (SSSR count). The van der Waals surface area contributed by atoms with E-state index in [1.54, 1.807) is 11.8 Å². The SMILES string of the molecule is Cc1nsc(SCCOc2cccc(C#CCN)c2)n1. The minimum atomic E-state index is 0.364. The summed E-state index contributed by atoms with van der Waals surface area (Å²) in [7, 11) is 0. The van der Waals surface area contributed by atoms with E-state index in [0.717, 1.165) is 27.2 Å². The summed E-state index contributed by atoms with van der Waals surface area (Å²) in [4.78, 5) is 4.29. The summed E-state index contributed by atoms with van der Waals surface area (Å²) in [6.07, 6.45) is 0. The monoisotopic (exact) mass is 305 g/mol. The third kappa shape index (κ3) is 4.85. The van der Waals surface area contributed by atoms with E-state index < -0.39 is 0 Å². The molecule has 0 aliphatic rings. The van der Waals surface area contributed by atoms with E-state index in [4.69, 9.17) is 10.5 Å². The molecule has 0 atom stereocenters. The van der Waals surface area contributed by atoms with Crippen molar-refractivity contribution in [3.8, 4) is 17.6 Å². The highest BCUT2D eigenvalue weighted by Gasteiger charge is 2.01. The molecule has 0 spiro atoms. The van der Waals surface area contributed by atoms with Crippen molar-refractivity contribution in [2.45, 2.75) is 11.3 Å². The fraction of sp³-hybridized carbons (Fsp3) is 0.286. The molecule has 0 saturated carbocycles. The number of hydrogen-bond donors (Lipinski definition) is 1. The van der Waals surface area contributed by atoms with Gasteiger partial charge in [-0.2, -0.15) is 4.37 Å². The lowest BCUT2D eigenvalue weighted by Gasteiger charge is -2.05. The summed E-state index contributed by atoms with van der Waals surface area (Å²) in [5, 5.41) is 0. The van der Waals surface area contributed by atoms with Gasteiger partial charge in [-0.1, -0.05) is 29.7 Å². The Kier molecular flexibility index (Phi) is 5.87. The lowest BCUT2D eigenvalue weighted by molar-refractivity contribution is 0.344. The molecule has 0 aliphatic heterocycles. The number of aryl methyl sites for hydroxylation is 1. The Morgan fingerprint density at radius 1 is 1.45 bits per heavy atom. The number of benzene rings is 1. The van der Waals surface area contributed by atoms with E-state index in [9.17, 15) is 0 Å². The standard InChI is InChI=1S/C14H15N3OS2/c1-11-16-14(20-17-11)19-9-8-18-13-6-2-4-12(10-13)5-3-7-15/h2,4,6,10H,7-9,15H2,1H3. The smallest absolute Gasteiger partial charge is 0.170 e. The molecule has 4 nitrogen and oxygen atoms in total. The predicted molar refractivity (Wildman–Crippen MR) is 83.2 cm³/mol. The van der Waals surface area contributed by atoms with Crippen LogP contribution in [0.2, 0.25) is 0 Å². The van der Waals surface area contributed by atoms with Crippen molar-refractivity contribution in [1.82, 2.24) is 9.36 Å². The Balaban J connectivity index is 1.79. The lowest BCUT2D eigenvalue weighted by atomic mass is 10.2. The van der Waals surface area contributed by atoms with Gasteiger partial charge in [0.2, 0.25) is 0 Å². The van der Waals surface area contributed by atoms with Crippen LogP contribution in [-0.4, -0.2) is 28.3 Å². The Morgan fingerprint density at radius 2 is 2.35 bits per heavy atom. The molecule has 104 valence electrons. The van der Waals surface area contributed by atoms with Gasteiger partial charge in [0.05, 0.1) is 13.2 Å². The largest absolute Gasteiger partial charge is 0.493 e. The van der Waals surface area contributed by atoms with Gasteiger partial charge in [0.1, 0.15) is 11.6 Å². The van der Waals surface area contributed by atoms with Gasteiger partial charge in [0, 0.05) is 11.3 Å². The van der Waals surface area contributed by atoms with Crippen LogP contribution < -0.4 is 10.5 Å². The van der Waals surface area contributed by atoms with Crippen LogP contribution in [0.3, 0.4) is 0 Å². The molecule has 0 radical (unpaired) electrons. The van der Waals surface area contributed by atoms with Gasteiger partial charge < -0.3 is 10.5 Å². The molecular weight excluding hydrogens is 290 g/mol. The highest BCUT2D eigenvalue weighted by atomic mass is 32.2. The summed E-state index contributed by atoms with van der Waals surface area (Å²) < 4.78 is 10.8. The van der Waals surface area contributed by atoms with Crippen LogP contribution in [-0.2, 0) is 0 Å². The topological polar surface area (TPSA) is 61.0 Å². The van der Waals surface area contributed by atoms with Gasteiger partial charge in [-0.25, -0.2) is 4.98 Å². The number of ether oxygens (including phenoxy) is 1. The van der Waals surface area contributed by atoms with Crippen LogP contribution >= 0.6 is 23.3 Å². The first-order valence-corrected chi connectivity index (χ1v) is 7.89. The fourth-order valence-electron chi connectivity index (χ4n) is 1.44. The van der Waals surface area contributed by atoms with Crippen LogP contribution in [0, 0.1) is 18.8 Å². The molecule has 0 fully saturated rings. The molecule has 2 aromatic rings. The zero-order valence-corrected chi connectivity index (χ0v) is 12.8. The van der Waals surface area contributed by atoms with Crippen molar-refractivity contribution in [3.63, 3.8) is 0 Å². The summed E-state index contributed by atoms with van der Waals surface area (Å²) in [6, 6.07) is 7.71. The first-order chi connectivity index (χ1) is 9.78. The maximum Gasteiger partial charge on any atom is 0.170 e. The quantitative estimate of drug-likeness (QED) is 0.522. The van der Waals surface area contributed by atoms with Crippen molar-refractivity contribution < 1.29 is 4.74 Å². The number of rotatable bonds is 5. The molecule has 6 heteroatoms. The number of thioether (sulfide) groups is 1. The van der Waals surface area contributed by atoms with Gasteiger partial charge in [0.15, 0.2) is 4.34 Å². The molecule has 0 unspecified atom stereocenters. The normalized spacial score (nSPS) is 9.90. The number of nitrogens with zero attached hydrogens (tertiary/aromatic N) is 2. The zero-order chi connectivity index (χ0) is 14.2. The van der Waals surface area contributed by atoms with E-state index in [0.29, 0.717) is 13.2 Å². The Morgan fingerprint density at radius 3 is 3.10 bits per heavy atom. The van der Waals surface area contributed by atoms with Crippen molar-refractivity contribution in [2.24, 2.45) is 5.73 Å². The third-order valence-corrected chi connectivity index (χ3v) is 4.14. The van der Waals surface area contributed by atoms with Gasteiger partial charge in [-0.05, 0) is 36.7 Å². The molecule has 1 aromatic carbocycles. The summed E-state index contributed by atoms with van der Waals surface area (Å²) in [6.45, 7) is 2.88. The van der Waals surface area contributed by atoms with E-state index in [-0.39, 0.29) is 0 Å². The van der Waals surface area contributed by atoms with Gasteiger partial charge in [-0.15, -0.1) is 0 Å². The van der Waals surface area contributed by atoms with E-state index in [2.05, 4.69) is 21.2 Å². The summed E-state index contributed by atoms with van der Waals surface area (Å²) in [5.41, 5.74) is 6.27. The molecule has 1 aromatic heterocycles. The van der Waals surface area contributed by atoms with Crippen LogP contribution in [0.15, 0.2) is 28.6 Å². The van der Waals surface area contributed by atoms with E-state index in [1.807, 2.05) is 31.2 Å². The molecule has 0 bridgehead atoms. The number of nitrogens with two attached hydrogens (primary N) is 1. The highest BCUT2D eigenvalue weighted by Crippen LogP contribution is 2.20. The fourth-order valence-corrected chi connectivity index (χ4v) is 2.98. The van der Waals surface area contributed by atoms with Gasteiger partial charge >= 0.3 is 0 Å². The molecule has 0 aliphatic carbocycles. The maximum atomic E-state index is 5.69. The van der Waals surface area contributed by atoms with E-state index in [1.165, 1.54) is 11.5 Å². The van der Waals surface area contributed by atoms with Crippen molar-refractivity contribution in [3.05, 3.63) is 35.7 Å². The zero-order valence-electron chi connectivity index (χ0n) is 11.1. The lowest BCUT2D eigenvalue weighted by Crippen LogP contribution is -2.00. The van der Waals surface area contributed by atoms with Crippen molar-refractivity contribution in [2.75, 3.05) is 18.9 Å². The highest BCUT2D eigenvalue weighted by molar-refractivity contribution is 8.00. The number of hydrogen-bond acceptors (Lipinski definition) is 6. The van der Waals surface area contributed by atoms with Crippen LogP contribution in [0.25, 0.3) is 0 Å². The summed E-state index contributed by atoms with van der Waals surface area (Å²) >= 11 is 3.08. The second-order valence-corrected chi connectivity index (χ2v) is 5.93. The van der Waals surface area contributed by atoms with Gasteiger partial charge in [0.25, 0.3) is 0 Å². The molecule has 0 amide bonds. The van der Waals surface area contributed by atoms with Crippen LogP contribution in [0.4, 0.5) is 0 Å². The minimum absolute atomic E-state index is 0.364. The Labute approximate surface area is 126 Å². The summed E-state index contributed by atoms with van der Waals surface area (Å²) in [5.74, 6) is 8.30. The Hall–Kier alpha value is -1.55. The van der Waals surface area contributed by atoms with Crippen LogP contribution in [0.5, 0.6) is 5.75 Å². The van der Waals surface area contributed by atoms with Crippen molar-refractivity contribution in [1.29, 1.82) is 0 Å². The third-order valence-electron chi connectivity index (χ3n) is 2.26. The van der Waals surface area contributed by atoms with Crippen molar-refractivity contribution >= 4 is 23.3 Å². The van der Waals surface area contributed by atoms with Gasteiger partial charge in [-0.3, -0.25) is 0 Å².